The fourth-order valence-electron chi connectivity index (χ4n) is 5.39. The molecule has 0 aliphatic carbocycles. The molecule has 1 aromatic heterocycles. The number of fused-ring (bicyclic) bond motifs is 3. The van der Waals surface area contributed by atoms with Crippen LogP contribution in [0, 0.1) is 18.3 Å². The third-order valence-corrected chi connectivity index (χ3v) is 6.59. The van der Waals surface area contributed by atoms with E-state index in [1.807, 2.05) is 0 Å². The van der Waals surface area contributed by atoms with Crippen LogP contribution in [0.3, 0.4) is 0 Å². The Kier molecular flexibility index (Phi) is 4.81. The van der Waals surface area contributed by atoms with E-state index in [1.54, 1.807) is 0 Å². The Morgan fingerprint density at radius 1 is 1.00 bits per heavy atom. The average molecular weight is 425 g/mol. The van der Waals surface area contributed by atoms with Crippen LogP contribution in [-0.4, -0.2) is 0 Å². The zero-order valence-corrected chi connectivity index (χ0v) is 20.5. The Bertz CT molecular complexity index is 1370. The zero-order chi connectivity index (χ0) is 22.8. The smallest absolute Gasteiger partial charge is 0.228 e. The predicted octanol–water partition coefficient (Wildman–Crippen LogP) is 7.69. The maximum absolute atomic E-state index is 6.87. The molecule has 0 radical (unpaired) electrons. The molecular weight excluding hydrogens is 390 g/mol. The van der Waals surface area contributed by atoms with Crippen molar-refractivity contribution in [3.05, 3.63) is 65.4 Å². The number of hydrogen-bond acceptors (Lipinski definition) is 1. The van der Waals surface area contributed by atoms with Crippen LogP contribution in [0.2, 0.25) is 0 Å². The third kappa shape index (κ3) is 3.37. The summed E-state index contributed by atoms with van der Waals surface area (Å²) in [4.78, 5) is 0. The molecule has 3 aromatic carbocycles. The van der Waals surface area contributed by atoms with Crippen molar-refractivity contribution in [3.63, 3.8) is 0 Å². The molecule has 0 unspecified atom stereocenters. The van der Waals surface area contributed by atoms with Crippen LogP contribution in [0.1, 0.15) is 51.3 Å². The van der Waals surface area contributed by atoms with E-state index >= 15 is 0 Å². The van der Waals surface area contributed by atoms with E-state index in [4.69, 9.17) is 4.74 Å². The second-order valence-electron chi connectivity index (χ2n) is 11.1. The molecule has 0 amide bonds. The number of benzene rings is 3. The van der Waals surface area contributed by atoms with Gasteiger partial charge in [0.1, 0.15) is 18.5 Å². The van der Waals surface area contributed by atoms with Crippen molar-refractivity contribution in [3.8, 4) is 22.8 Å². The van der Waals surface area contributed by atoms with Gasteiger partial charge >= 0.3 is 0 Å². The highest BCUT2D eigenvalue weighted by atomic mass is 16.5. The van der Waals surface area contributed by atoms with Crippen LogP contribution in [-0.2, 0) is 19.9 Å². The van der Waals surface area contributed by atoms with Crippen molar-refractivity contribution in [2.24, 2.45) is 18.4 Å². The number of hydrogen-bond donors (Lipinski definition) is 0. The van der Waals surface area contributed by atoms with Crippen molar-refractivity contribution in [1.82, 2.24) is 0 Å². The van der Waals surface area contributed by atoms with Gasteiger partial charge in [-0.15, -0.1) is 0 Å². The summed E-state index contributed by atoms with van der Waals surface area (Å²) in [5.74, 6) is 2.60. The van der Waals surface area contributed by atoms with Gasteiger partial charge in [0.25, 0.3) is 0 Å². The lowest BCUT2D eigenvalue weighted by Crippen LogP contribution is -2.32. The topological polar surface area (TPSA) is 13.1 Å². The number of ether oxygens (including phenoxy) is 1. The minimum atomic E-state index is 0.227. The number of rotatable bonds is 3. The molecule has 0 fully saturated rings. The van der Waals surface area contributed by atoms with Gasteiger partial charge in [0.2, 0.25) is 5.69 Å². The molecule has 0 saturated carbocycles. The summed E-state index contributed by atoms with van der Waals surface area (Å²) in [6, 6.07) is 15.7. The highest BCUT2D eigenvalue weighted by Gasteiger charge is 2.33. The molecule has 1 aliphatic heterocycles. The second kappa shape index (κ2) is 7.33. The highest BCUT2D eigenvalue weighted by Crippen LogP contribution is 2.51. The second-order valence-corrected chi connectivity index (χ2v) is 11.1. The van der Waals surface area contributed by atoms with Gasteiger partial charge in [0.05, 0.1) is 10.9 Å². The van der Waals surface area contributed by atoms with E-state index in [0.29, 0.717) is 5.92 Å². The van der Waals surface area contributed by atoms with Crippen molar-refractivity contribution in [1.29, 1.82) is 0 Å². The number of aromatic nitrogens is 1. The Hall–Kier alpha value is -2.87. The van der Waals surface area contributed by atoms with Crippen LogP contribution < -0.4 is 9.30 Å². The molecule has 32 heavy (non-hydrogen) atoms. The summed E-state index contributed by atoms with van der Waals surface area (Å²) >= 11 is 0. The lowest BCUT2D eigenvalue weighted by atomic mass is 9.84. The Labute approximate surface area is 191 Å². The van der Waals surface area contributed by atoms with Gasteiger partial charge < -0.3 is 4.74 Å². The normalized spacial score (nSPS) is 13.0. The largest absolute Gasteiger partial charge is 0.455 e. The maximum Gasteiger partial charge on any atom is 0.228 e. The average Bonchev–Trinajstić information content (AvgIpc) is 2.71. The zero-order valence-electron chi connectivity index (χ0n) is 20.5. The number of nitrogens with zero attached hydrogens (tertiary/aromatic N) is 1. The molecule has 5 rings (SSSR count). The van der Waals surface area contributed by atoms with Crippen LogP contribution in [0.25, 0.3) is 32.8 Å². The summed E-state index contributed by atoms with van der Waals surface area (Å²) in [6.45, 7) is 13.7. The standard InChI is InChI=1S/C30H34NO/c1-18(2)14-24-23-11-9-8-10-22(23)19(3)26-28-27-21(12-13-31(28)7)15-20(17-30(4,5)6)16-25(27)32-29(24)26/h8-13,15-16,18H,14,17H2,1-7H3/q+1. The fraction of sp³-hybridized carbons (Fsp3) is 0.367. The van der Waals surface area contributed by atoms with Crippen molar-refractivity contribution in [2.75, 3.05) is 0 Å². The van der Waals surface area contributed by atoms with Crippen molar-refractivity contribution in [2.45, 2.75) is 54.4 Å². The van der Waals surface area contributed by atoms with E-state index in [1.165, 1.54) is 49.5 Å². The Balaban J connectivity index is 1.88. The molecule has 2 heteroatoms. The van der Waals surface area contributed by atoms with Gasteiger partial charge in [-0.3, -0.25) is 0 Å². The van der Waals surface area contributed by atoms with Gasteiger partial charge in [-0.25, -0.2) is 4.57 Å². The predicted molar refractivity (Wildman–Crippen MR) is 135 cm³/mol. The van der Waals surface area contributed by atoms with Gasteiger partial charge in [-0.05, 0) is 64.5 Å². The molecule has 0 atom stereocenters. The SMILES string of the molecule is Cc1c2c(c(CC(C)C)c3ccccc13)Oc1cc(CC(C)(C)C)cc3cc[n+](C)c-2c13. The van der Waals surface area contributed by atoms with Crippen LogP contribution in [0.15, 0.2) is 48.7 Å². The first-order valence-electron chi connectivity index (χ1n) is 11.8. The third-order valence-electron chi connectivity index (χ3n) is 6.59. The molecule has 2 heterocycles. The van der Waals surface area contributed by atoms with Crippen molar-refractivity contribution >= 4 is 21.5 Å². The van der Waals surface area contributed by atoms with Crippen LogP contribution in [0.4, 0.5) is 0 Å². The molecule has 0 N–H and O–H groups in total. The first-order valence-corrected chi connectivity index (χ1v) is 11.8. The van der Waals surface area contributed by atoms with Crippen molar-refractivity contribution < 1.29 is 9.30 Å². The first kappa shape index (κ1) is 21.0. The molecule has 0 saturated heterocycles. The fourth-order valence-corrected chi connectivity index (χ4v) is 5.39. The summed E-state index contributed by atoms with van der Waals surface area (Å²) in [5, 5.41) is 5.14. The van der Waals surface area contributed by atoms with Crippen LogP contribution >= 0.6 is 0 Å². The number of aryl methyl sites for hydroxylation is 2. The Morgan fingerprint density at radius 2 is 1.72 bits per heavy atom. The van der Waals surface area contributed by atoms with E-state index in [2.05, 4.69) is 102 Å². The van der Waals surface area contributed by atoms with Gasteiger partial charge in [0, 0.05) is 11.6 Å². The summed E-state index contributed by atoms with van der Waals surface area (Å²) < 4.78 is 9.14. The Morgan fingerprint density at radius 3 is 2.41 bits per heavy atom. The molecular formula is C30H34NO+. The quantitative estimate of drug-likeness (QED) is 0.271. The minimum absolute atomic E-state index is 0.227. The summed E-state index contributed by atoms with van der Waals surface area (Å²) in [6.07, 6.45) is 4.23. The van der Waals surface area contributed by atoms with Crippen LogP contribution in [0.5, 0.6) is 11.5 Å². The van der Waals surface area contributed by atoms with E-state index < -0.39 is 0 Å². The molecule has 164 valence electrons. The molecule has 4 aromatic rings. The van der Waals surface area contributed by atoms with E-state index in [9.17, 15) is 0 Å². The lowest BCUT2D eigenvalue weighted by Gasteiger charge is -2.27. The van der Waals surface area contributed by atoms with E-state index in [-0.39, 0.29) is 5.41 Å². The number of pyridine rings is 1. The van der Waals surface area contributed by atoms with Gasteiger partial charge in [-0.2, -0.15) is 0 Å². The monoisotopic (exact) mass is 424 g/mol. The van der Waals surface area contributed by atoms with Gasteiger partial charge in [0.15, 0.2) is 6.20 Å². The highest BCUT2D eigenvalue weighted by molar-refractivity contribution is 6.06. The minimum Gasteiger partial charge on any atom is -0.455 e. The first-order chi connectivity index (χ1) is 15.1. The van der Waals surface area contributed by atoms with E-state index in [0.717, 1.165) is 24.3 Å². The summed E-state index contributed by atoms with van der Waals surface area (Å²) in [5.41, 5.74) is 6.73. The summed E-state index contributed by atoms with van der Waals surface area (Å²) in [7, 11) is 2.16. The molecule has 1 aliphatic rings. The maximum atomic E-state index is 6.87. The molecule has 2 nitrogen and oxygen atoms in total. The molecule has 0 bridgehead atoms. The molecule has 0 spiro atoms. The lowest BCUT2D eigenvalue weighted by molar-refractivity contribution is -0.659. The van der Waals surface area contributed by atoms with Gasteiger partial charge in [-0.1, -0.05) is 65.0 Å².